The third kappa shape index (κ3) is 2.43. The summed E-state index contributed by atoms with van der Waals surface area (Å²) in [7, 11) is 1.62. The van der Waals surface area contributed by atoms with Crippen molar-refractivity contribution in [3.63, 3.8) is 0 Å². The van der Waals surface area contributed by atoms with E-state index in [1.165, 1.54) is 6.20 Å². The first-order chi connectivity index (χ1) is 8.58. The Morgan fingerprint density at radius 2 is 2.50 bits per heavy atom. The molecule has 18 heavy (non-hydrogen) atoms. The smallest absolute Gasteiger partial charge is 0.202 e. The van der Waals surface area contributed by atoms with Crippen molar-refractivity contribution >= 4 is 17.4 Å². The molecule has 1 aliphatic rings. The van der Waals surface area contributed by atoms with Crippen LogP contribution in [0.1, 0.15) is 30.3 Å². The highest BCUT2D eigenvalue weighted by Crippen LogP contribution is 2.27. The molecule has 0 radical (unpaired) electrons. The van der Waals surface area contributed by atoms with Crippen LogP contribution in [0, 0.1) is 0 Å². The monoisotopic (exact) mass is 271 g/mol. The molecule has 0 spiro atoms. The molecular weight excluding hydrogens is 254 g/mol. The van der Waals surface area contributed by atoms with Gasteiger partial charge in [0.2, 0.25) is 5.78 Å². The first-order valence-corrected chi connectivity index (χ1v) is 6.46. The summed E-state index contributed by atoms with van der Waals surface area (Å²) in [6.07, 6.45) is 3.35. The quantitative estimate of drug-likeness (QED) is 0.825. The van der Waals surface area contributed by atoms with Crippen LogP contribution in [0.2, 0.25) is 5.02 Å². The minimum Gasteiger partial charge on any atom is -0.383 e. The number of ether oxygens (including phenoxy) is 1. The fourth-order valence-corrected chi connectivity index (χ4v) is 2.51. The van der Waals surface area contributed by atoms with E-state index in [1.54, 1.807) is 11.8 Å². The van der Waals surface area contributed by atoms with Gasteiger partial charge in [0.25, 0.3) is 0 Å². The Labute approximate surface area is 111 Å². The largest absolute Gasteiger partial charge is 0.383 e. The molecule has 2 heterocycles. The maximum Gasteiger partial charge on any atom is 0.202 e. The first-order valence-electron chi connectivity index (χ1n) is 6.08. The molecule has 1 atom stereocenters. The molecule has 5 nitrogen and oxygen atoms in total. The van der Waals surface area contributed by atoms with Crippen molar-refractivity contribution in [2.45, 2.75) is 31.8 Å². The number of nitrogens with one attached hydrogen (secondary N) is 1. The number of rotatable bonds is 5. The Balaban J connectivity index is 2.26. The first kappa shape index (κ1) is 13.5. The van der Waals surface area contributed by atoms with Crippen molar-refractivity contribution in [2.24, 2.45) is 0 Å². The van der Waals surface area contributed by atoms with Gasteiger partial charge in [0, 0.05) is 7.11 Å². The van der Waals surface area contributed by atoms with Gasteiger partial charge in [-0.15, -0.1) is 0 Å². The molecule has 0 amide bonds. The Kier molecular flexibility index (Phi) is 4.04. The molecule has 6 heteroatoms. The standard InChI is InChI=1S/C12H18ClN3O2/c1-12(4-3-5-14-12)11(17)10-9(13)8-15-16(10)6-7-18-2/h8,14H,3-7H2,1-2H3. The van der Waals surface area contributed by atoms with Crippen molar-refractivity contribution < 1.29 is 9.53 Å². The van der Waals surface area contributed by atoms with E-state index in [9.17, 15) is 4.79 Å². The molecule has 1 saturated heterocycles. The summed E-state index contributed by atoms with van der Waals surface area (Å²) in [5, 5.41) is 7.79. The lowest BCUT2D eigenvalue weighted by Crippen LogP contribution is -2.45. The summed E-state index contributed by atoms with van der Waals surface area (Å²) in [6, 6.07) is 0. The van der Waals surface area contributed by atoms with Gasteiger partial charge >= 0.3 is 0 Å². The Hall–Kier alpha value is -0.910. The lowest BCUT2D eigenvalue weighted by molar-refractivity contribution is 0.0869. The van der Waals surface area contributed by atoms with Crippen molar-refractivity contribution in [2.75, 3.05) is 20.3 Å². The number of methoxy groups -OCH3 is 1. The van der Waals surface area contributed by atoms with Crippen molar-refractivity contribution in [3.05, 3.63) is 16.9 Å². The molecule has 1 unspecified atom stereocenters. The number of Topliss-reactive ketones (excluding diaryl/α,β-unsaturated/α-hetero) is 1. The zero-order chi connectivity index (χ0) is 13.2. The zero-order valence-corrected chi connectivity index (χ0v) is 11.5. The van der Waals surface area contributed by atoms with Gasteiger partial charge in [0.15, 0.2) is 0 Å². The second-order valence-corrected chi connectivity index (χ2v) is 5.16. The molecule has 0 bridgehead atoms. The molecule has 0 aromatic carbocycles. The van der Waals surface area contributed by atoms with E-state index >= 15 is 0 Å². The van der Waals surface area contributed by atoms with E-state index in [1.807, 2.05) is 6.92 Å². The molecule has 0 saturated carbocycles. The Morgan fingerprint density at radius 3 is 3.11 bits per heavy atom. The Bertz CT molecular complexity index is 439. The summed E-state index contributed by atoms with van der Waals surface area (Å²) >= 11 is 6.09. The van der Waals surface area contributed by atoms with E-state index in [-0.39, 0.29) is 5.78 Å². The third-order valence-electron chi connectivity index (χ3n) is 3.39. The average molecular weight is 272 g/mol. The molecule has 1 fully saturated rings. The number of carbonyl (C=O) groups is 1. The molecule has 1 aliphatic heterocycles. The molecular formula is C12H18ClN3O2. The summed E-state index contributed by atoms with van der Waals surface area (Å²) in [5.41, 5.74) is -0.0419. The van der Waals surface area contributed by atoms with E-state index in [0.29, 0.717) is 23.9 Å². The van der Waals surface area contributed by atoms with Crippen LogP contribution in [0.3, 0.4) is 0 Å². The summed E-state index contributed by atoms with van der Waals surface area (Å²) in [6.45, 7) is 3.82. The summed E-state index contributed by atoms with van der Waals surface area (Å²) < 4.78 is 6.63. The fraction of sp³-hybridized carbons (Fsp3) is 0.667. The van der Waals surface area contributed by atoms with Gasteiger partial charge in [-0.2, -0.15) is 5.10 Å². The van der Waals surface area contributed by atoms with Crippen LogP contribution < -0.4 is 5.32 Å². The number of aromatic nitrogens is 2. The molecule has 1 aromatic heterocycles. The highest BCUT2D eigenvalue weighted by molar-refractivity contribution is 6.34. The van der Waals surface area contributed by atoms with Crippen molar-refractivity contribution in [1.82, 2.24) is 15.1 Å². The lowest BCUT2D eigenvalue weighted by Gasteiger charge is -2.23. The zero-order valence-electron chi connectivity index (χ0n) is 10.7. The third-order valence-corrected chi connectivity index (χ3v) is 3.66. The van der Waals surface area contributed by atoms with Crippen molar-refractivity contribution in [3.8, 4) is 0 Å². The maximum atomic E-state index is 12.6. The van der Waals surface area contributed by atoms with Gasteiger partial charge in [-0.1, -0.05) is 11.6 Å². The molecule has 0 aliphatic carbocycles. The minimum absolute atomic E-state index is 0.0126. The average Bonchev–Trinajstić information content (AvgIpc) is 2.93. The van der Waals surface area contributed by atoms with Gasteiger partial charge in [-0.05, 0) is 26.3 Å². The van der Waals surface area contributed by atoms with Crippen LogP contribution in [0.4, 0.5) is 0 Å². The number of hydrogen-bond acceptors (Lipinski definition) is 4. The van der Waals surface area contributed by atoms with Crippen LogP contribution in [0.5, 0.6) is 0 Å². The number of ketones is 1. The molecule has 100 valence electrons. The predicted molar refractivity (Wildman–Crippen MR) is 69.1 cm³/mol. The van der Waals surface area contributed by atoms with E-state index in [4.69, 9.17) is 16.3 Å². The van der Waals surface area contributed by atoms with Gasteiger partial charge < -0.3 is 10.1 Å². The fourth-order valence-electron chi connectivity index (χ4n) is 2.29. The summed E-state index contributed by atoms with van der Waals surface area (Å²) in [5.74, 6) is 0.0126. The number of halogens is 1. The molecule has 1 aromatic rings. The van der Waals surface area contributed by atoms with Gasteiger partial charge in [-0.25, -0.2) is 0 Å². The highest BCUT2D eigenvalue weighted by Gasteiger charge is 2.39. The number of nitrogens with zero attached hydrogens (tertiary/aromatic N) is 2. The molecule has 2 rings (SSSR count). The van der Waals surface area contributed by atoms with Crippen LogP contribution in [0.15, 0.2) is 6.20 Å². The topological polar surface area (TPSA) is 56.2 Å². The van der Waals surface area contributed by atoms with E-state index in [2.05, 4.69) is 10.4 Å². The van der Waals surface area contributed by atoms with Crippen LogP contribution in [-0.2, 0) is 11.3 Å². The van der Waals surface area contributed by atoms with Crippen LogP contribution >= 0.6 is 11.6 Å². The van der Waals surface area contributed by atoms with E-state index in [0.717, 1.165) is 19.4 Å². The van der Waals surface area contributed by atoms with E-state index < -0.39 is 5.54 Å². The Morgan fingerprint density at radius 1 is 1.72 bits per heavy atom. The minimum atomic E-state index is -0.519. The second kappa shape index (κ2) is 5.38. The van der Waals surface area contributed by atoms with Gasteiger partial charge in [0.1, 0.15) is 5.69 Å². The van der Waals surface area contributed by atoms with Crippen LogP contribution in [0.25, 0.3) is 0 Å². The predicted octanol–water partition coefficient (Wildman–Crippen LogP) is 1.51. The summed E-state index contributed by atoms with van der Waals surface area (Å²) in [4.78, 5) is 12.6. The number of carbonyl (C=O) groups excluding carboxylic acids is 1. The van der Waals surface area contributed by atoms with Gasteiger partial charge in [0.05, 0.1) is 29.9 Å². The lowest BCUT2D eigenvalue weighted by atomic mass is 9.92. The SMILES string of the molecule is COCCn1ncc(Cl)c1C(=O)C1(C)CCCN1. The highest BCUT2D eigenvalue weighted by atomic mass is 35.5. The maximum absolute atomic E-state index is 12.6. The second-order valence-electron chi connectivity index (χ2n) is 4.75. The number of hydrogen-bond donors (Lipinski definition) is 1. The normalized spacial score (nSPS) is 23.5. The van der Waals surface area contributed by atoms with Gasteiger partial charge in [-0.3, -0.25) is 9.48 Å². The van der Waals surface area contributed by atoms with Crippen LogP contribution in [-0.4, -0.2) is 41.4 Å². The molecule has 1 N–H and O–H groups in total. The van der Waals surface area contributed by atoms with Crippen molar-refractivity contribution in [1.29, 1.82) is 0 Å².